The third-order valence-corrected chi connectivity index (χ3v) is 2.23. The van der Waals surface area contributed by atoms with Crippen LogP contribution in [0.5, 0.6) is 0 Å². The summed E-state index contributed by atoms with van der Waals surface area (Å²) in [7, 11) is 0. The van der Waals surface area contributed by atoms with E-state index in [-0.39, 0.29) is 5.70 Å². The van der Waals surface area contributed by atoms with Crippen LogP contribution in [0.15, 0.2) is 48.8 Å². The molecule has 2 heterocycles. The first-order valence-corrected chi connectivity index (χ1v) is 5.00. The summed E-state index contributed by atoms with van der Waals surface area (Å²) in [5, 5.41) is 5.43. The molecule has 0 spiro atoms. The molecule has 1 fully saturated rings. The molecule has 0 atom stereocenters. The molecule has 1 aliphatic heterocycles. The highest BCUT2D eigenvalue weighted by Gasteiger charge is 2.19. The lowest BCUT2D eigenvalue weighted by Crippen LogP contribution is -2.22. The average molecular weight is 229 g/mol. The number of H-pyrrole nitrogens is 1. The van der Waals surface area contributed by atoms with Crippen molar-refractivity contribution in [2.24, 2.45) is 0 Å². The van der Waals surface area contributed by atoms with E-state index >= 15 is 0 Å². The third-order valence-electron chi connectivity index (χ3n) is 2.23. The third kappa shape index (κ3) is 2.52. The molecule has 5 nitrogen and oxygen atoms in total. The highest BCUT2D eigenvalue weighted by molar-refractivity contribution is 6.11. The SMILES string of the molecule is C=C1NC(=O)NC1=O.c1ccc2[nH]ccc2c1. The highest BCUT2D eigenvalue weighted by atomic mass is 16.2. The Bertz CT molecular complexity index is 538. The number of carbonyl (C=O) groups excluding carboxylic acids is 2. The molecule has 86 valence electrons. The van der Waals surface area contributed by atoms with Gasteiger partial charge in [0, 0.05) is 11.7 Å². The Morgan fingerprint density at radius 2 is 1.76 bits per heavy atom. The lowest BCUT2D eigenvalue weighted by Gasteiger charge is -1.83. The van der Waals surface area contributed by atoms with Gasteiger partial charge >= 0.3 is 6.03 Å². The summed E-state index contributed by atoms with van der Waals surface area (Å²) in [5.74, 6) is -0.449. The highest BCUT2D eigenvalue weighted by Crippen LogP contribution is 2.09. The van der Waals surface area contributed by atoms with Crippen LogP contribution < -0.4 is 10.6 Å². The zero-order valence-electron chi connectivity index (χ0n) is 8.99. The van der Waals surface area contributed by atoms with Crippen molar-refractivity contribution in [2.45, 2.75) is 0 Å². The van der Waals surface area contributed by atoms with E-state index in [1.54, 1.807) is 0 Å². The Morgan fingerprint density at radius 3 is 2.29 bits per heavy atom. The fourth-order valence-electron chi connectivity index (χ4n) is 1.40. The van der Waals surface area contributed by atoms with Crippen molar-refractivity contribution in [1.29, 1.82) is 0 Å². The Balaban J connectivity index is 0.000000128. The maximum Gasteiger partial charge on any atom is 0.326 e. The minimum absolute atomic E-state index is 0.106. The Morgan fingerprint density at radius 1 is 1.00 bits per heavy atom. The molecule has 2 aromatic rings. The largest absolute Gasteiger partial charge is 0.361 e. The van der Waals surface area contributed by atoms with E-state index in [9.17, 15) is 9.59 Å². The number of aromatic amines is 1. The van der Waals surface area contributed by atoms with Gasteiger partial charge in [-0.2, -0.15) is 0 Å². The van der Waals surface area contributed by atoms with Crippen LogP contribution >= 0.6 is 0 Å². The Hall–Kier alpha value is -2.56. The number of aromatic nitrogens is 1. The van der Waals surface area contributed by atoms with E-state index in [1.165, 1.54) is 10.9 Å². The number of fused-ring (bicyclic) bond motifs is 1. The molecule has 1 aromatic heterocycles. The van der Waals surface area contributed by atoms with Crippen LogP contribution in [0.4, 0.5) is 4.79 Å². The fourth-order valence-corrected chi connectivity index (χ4v) is 1.40. The van der Waals surface area contributed by atoms with Crippen molar-refractivity contribution in [1.82, 2.24) is 15.6 Å². The number of hydrogen-bond acceptors (Lipinski definition) is 2. The van der Waals surface area contributed by atoms with Gasteiger partial charge in [0.15, 0.2) is 0 Å². The monoisotopic (exact) mass is 229 g/mol. The predicted octanol–water partition coefficient (Wildman–Crippen LogP) is 1.51. The molecule has 1 saturated heterocycles. The van der Waals surface area contributed by atoms with Crippen LogP contribution in [0, 0.1) is 0 Å². The van der Waals surface area contributed by atoms with E-state index in [4.69, 9.17) is 0 Å². The molecule has 3 rings (SSSR count). The first kappa shape index (κ1) is 10.9. The van der Waals surface area contributed by atoms with Crippen molar-refractivity contribution in [3.05, 3.63) is 48.8 Å². The molecule has 17 heavy (non-hydrogen) atoms. The minimum atomic E-state index is -0.500. The van der Waals surface area contributed by atoms with Crippen molar-refractivity contribution in [3.63, 3.8) is 0 Å². The fraction of sp³-hybridized carbons (Fsp3) is 0. The smallest absolute Gasteiger partial charge is 0.326 e. The molecule has 0 saturated carbocycles. The number of hydrogen-bond donors (Lipinski definition) is 3. The van der Waals surface area contributed by atoms with Crippen LogP contribution in [0.25, 0.3) is 10.9 Å². The molecular weight excluding hydrogens is 218 g/mol. The van der Waals surface area contributed by atoms with Gasteiger partial charge in [0.2, 0.25) is 0 Å². The van der Waals surface area contributed by atoms with E-state index < -0.39 is 11.9 Å². The summed E-state index contributed by atoms with van der Waals surface area (Å²) < 4.78 is 0. The summed E-state index contributed by atoms with van der Waals surface area (Å²) in [6, 6.07) is 9.78. The Kier molecular flexibility index (Phi) is 2.91. The first-order chi connectivity index (χ1) is 8.16. The zero-order chi connectivity index (χ0) is 12.3. The van der Waals surface area contributed by atoms with Crippen LogP contribution in [0.1, 0.15) is 0 Å². The second kappa shape index (κ2) is 4.52. The maximum absolute atomic E-state index is 10.3. The van der Waals surface area contributed by atoms with Gasteiger partial charge in [-0.15, -0.1) is 0 Å². The van der Waals surface area contributed by atoms with Gasteiger partial charge < -0.3 is 10.3 Å². The van der Waals surface area contributed by atoms with Crippen molar-refractivity contribution in [2.75, 3.05) is 0 Å². The van der Waals surface area contributed by atoms with Gasteiger partial charge in [0.05, 0.1) is 0 Å². The normalized spacial score (nSPS) is 14.0. The molecule has 0 unspecified atom stereocenters. The molecular formula is C12H11N3O2. The molecule has 0 aliphatic carbocycles. The summed E-state index contributed by atoms with van der Waals surface area (Å²) >= 11 is 0. The van der Waals surface area contributed by atoms with E-state index in [0.29, 0.717) is 0 Å². The lowest BCUT2D eigenvalue weighted by molar-refractivity contribution is -0.115. The number of nitrogens with one attached hydrogen (secondary N) is 3. The standard InChI is InChI=1S/C8H7N.C4H4N2O2/c1-2-4-8-7(3-1)5-6-9-8;1-2-3(7)6-4(8)5-2/h1-6,9H;1H2,(H2,5,6,7,8). The molecule has 5 heteroatoms. The first-order valence-electron chi connectivity index (χ1n) is 5.00. The molecule has 1 aliphatic rings. The average Bonchev–Trinajstić information content (AvgIpc) is 2.87. The number of amides is 3. The lowest BCUT2D eigenvalue weighted by atomic mass is 10.3. The molecule has 3 N–H and O–H groups in total. The second-order valence-corrected chi connectivity index (χ2v) is 3.45. The maximum atomic E-state index is 10.3. The number of imide groups is 1. The number of carbonyl (C=O) groups is 2. The number of urea groups is 1. The van der Waals surface area contributed by atoms with Gasteiger partial charge in [0.25, 0.3) is 5.91 Å². The summed E-state index contributed by atoms with van der Waals surface area (Å²) in [6.07, 6.45) is 1.95. The van der Waals surface area contributed by atoms with E-state index in [0.717, 1.165) is 0 Å². The van der Waals surface area contributed by atoms with Gasteiger partial charge in [-0.25, -0.2) is 4.79 Å². The van der Waals surface area contributed by atoms with Crippen molar-refractivity contribution >= 4 is 22.8 Å². The predicted molar refractivity (Wildman–Crippen MR) is 64.1 cm³/mol. The molecule has 0 radical (unpaired) electrons. The zero-order valence-corrected chi connectivity index (χ0v) is 8.99. The van der Waals surface area contributed by atoms with Crippen molar-refractivity contribution in [3.8, 4) is 0 Å². The van der Waals surface area contributed by atoms with Crippen LogP contribution in [0.3, 0.4) is 0 Å². The number of benzene rings is 1. The molecule has 3 amide bonds. The number of para-hydroxylation sites is 1. The molecule has 1 aromatic carbocycles. The van der Waals surface area contributed by atoms with Gasteiger partial charge in [-0.05, 0) is 17.5 Å². The quantitative estimate of drug-likeness (QED) is 0.473. The van der Waals surface area contributed by atoms with E-state index in [2.05, 4.69) is 35.1 Å². The van der Waals surface area contributed by atoms with Gasteiger partial charge in [-0.1, -0.05) is 24.8 Å². The minimum Gasteiger partial charge on any atom is -0.361 e. The topological polar surface area (TPSA) is 74.0 Å². The van der Waals surface area contributed by atoms with Gasteiger partial charge in [-0.3, -0.25) is 10.1 Å². The second-order valence-electron chi connectivity index (χ2n) is 3.45. The van der Waals surface area contributed by atoms with Crippen LogP contribution in [-0.2, 0) is 4.79 Å². The van der Waals surface area contributed by atoms with E-state index in [1.807, 2.05) is 23.6 Å². The molecule has 0 bridgehead atoms. The number of rotatable bonds is 0. The van der Waals surface area contributed by atoms with Crippen LogP contribution in [0.2, 0.25) is 0 Å². The van der Waals surface area contributed by atoms with Crippen LogP contribution in [-0.4, -0.2) is 16.9 Å². The Labute approximate surface area is 97.5 Å². The summed E-state index contributed by atoms with van der Waals surface area (Å²) in [5.41, 5.74) is 1.31. The summed E-state index contributed by atoms with van der Waals surface area (Å²) in [6.45, 7) is 3.24. The summed E-state index contributed by atoms with van der Waals surface area (Å²) in [4.78, 5) is 23.6. The van der Waals surface area contributed by atoms with Crippen molar-refractivity contribution < 1.29 is 9.59 Å². The van der Waals surface area contributed by atoms with Gasteiger partial charge in [0.1, 0.15) is 5.70 Å².